The van der Waals surface area contributed by atoms with Gasteiger partial charge in [-0.3, -0.25) is 14.4 Å². The molecule has 156 valence electrons. The van der Waals surface area contributed by atoms with Gasteiger partial charge in [-0.2, -0.15) is 5.26 Å². The first-order chi connectivity index (χ1) is 13.6. The number of methoxy groups -OCH3 is 1. The van der Waals surface area contributed by atoms with Crippen LogP contribution in [0.1, 0.15) is 27.2 Å². The van der Waals surface area contributed by atoms with E-state index in [4.69, 9.17) is 21.1 Å². The van der Waals surface area contributed by atoms with E-state index < -0.39 is 29.9 Å². The normalized spacial score (nSPS) is 18.2. The van der Waals surface area contributed by atoms with Gasteiger partial charge in [0.1, 0.15) is 11.3 Å². The van der Waals surface area contributed by atoms with Gasteiger partial charge in [0.25, 0.3) is 5.91 Å². The van der Waals surface area contributed by atoms with Crippen molar-refractivity contribution in [2.45, 2.75) is 32.7 Å². The van der Waals surface area contributed by atoms with Crippen molar-refractivity contribution in [2.24, 2.45) is 11.8 Å². The molecule has 1 N–H and O–H groups in total. The highest BCUT2D eigenvalue weighted by Crippen LogP contribution is 2.35. The quantitative estimate of drug-likeness (QED) is 0.676. The van der Waals surface area contributed by atoms with E-state index >= 15 is 0 Å². The maximum Gasteiger partial charge on any atom is 0.311 e. The third-order valence-electron chi connectivity index (χ3n) is 5.02. The summed E-state index contributed by atoms with van der Waals surface area (Å²) in [4.78, 5) is 38.3. The van der Waals surface area contributed by atoms with Gasteiger partial charge < -0.3 is 19.7 Å². The van der Waals surface area contributed by atoms with Crippen LogP contribution in [0.3, 0.4) is 0 Å². The second-order valence-corrected chi connectivity index (χ2v) is 7.78. The number of carbonyl (C=O) groups excluding carboxylic acids is 3. The molecule has 1 heterocycles. The summed E-state index contributed by atoms with van der Waals surface area (Å²) in [6, 6.07) is 6.92. The summed E-state index contributed by atoms with van der Waals surface area (Å²) in [5, 5.41) is 12.2. The number of nitriles is 1. The Morgan fingerprint density at radius 1 is 1.45 bits per heavy atom. The molecule has 29 heavy (non-hydrogen) atoms. The van der Waals surface area contributed by atoms with Crippen LogP contribution in [-0.4, -0.2) is 43.6 Å². The van der Waals surface area contributed by atoms with Crippen LogP contribution in [0.25, 0.3) is 0 Å². The second kappa shape index (κ2) is 9.14. The van der Waals surface area contributed by atoms with Crippen molar-refractivity contribution in [1.82, 2.24) is 5.32 Å². The van der Waals surface area contributed by atoms with Crippen molar-refractivity contribution in [3.8, 4) is 11.8 Å². The van der Waals surface area contributed by atoms with Gasteiger partial charge in [-0.05, 0) is 31.0 Å². The van der Waals surface area contributed by atoms with Gasteiger partial charge in [0.15, 0.2) is 6.61 Å². The molecule has 0 bridgehead atoms. The Balaban J connectivity index is 1.99. The minimum absolute atomic E-state index is 0.0436. The zero-order valence-corrected chi connectivity index (χ0v) is 17.6. The highest BCUT2D eigenvalue weighted by molar-refractivity contribution is 6.31. The minimum Gasteiger partial charge on any atom is -0.495 e. The molecule has 2 rings (SSSR count). The Morgan fingerprint density at radius 2 is 2.14 bits per heavy atom. The number of halogens is 1. The van der Waals surface area contributed by atoms with E-state index in [9.17, 15) is 19.6 Å². The Labute approximate surface area is 174 Å². The first-order valence-electron chi connectivity index (χ1n) is 9.14. The summed E-state index contributed by atoms with van der Waals surface area (Å²) in [6.45, 7) is 4.78. The molecule has 2 amide bonds. The van der Waals surface area contributed by atoms with E-state index in [-0.39, 0.29) is 24.8 Å². The lowest BCUT2D eigenvalue weighted by Crippen LogP contribution is -2.50. The standard InChI is InChI=1S/C20H24ClN3O5/c1-12(2)20(3,11-22)23-17(25)10-29-19(27)13-7-18(26)24(9-13)15-8-14(21)5-6-16(15)28-4/h5-6,8,12-13H,7,9-10H2,1-4H3,(H,23,25)/t13-,20-/m0/s1. The number of anilines is 1. The number of hydrogen-bond donors (Lipinski definition) is 1. The SMILES string of the molecule is COc1ccc(Cl)cc1N1C[C@@H](C(=O)OCC(=O)N[C@@](C)(C#N)C(C)C)CC1=O. The van der Waals surface area contributed by atoms with Crippen molar-refractivity contribution < 1.29 is 23.9 Å². The number of esters is 1. The third-order valence-corrected chi connectivity index (χ3v) is 5.26. The molecule has 0 unspecified atom stereocenters. The summed E-state index contributed by atoms with van der Waals surface area (Å²) >= 11 is 6.02. The van der Waals surface area contributed by atoms with Crippen LogP contribution in [0.5, 0.6) is 5.75 Å². The molecule has 1 aromatic rings. The molecule has 0 saturated carbocycles. The second-order valence-electron chi connectivity index (χ2n) is 7.35. The predicted octanol–water partition coefficient (Wildman–Crippen LogP) is 2.30. The topological polar surface area (TPSA) is 109 Å². The maximum absolute atomic E-state index is 12.4. The Hall–Kier alpha value is -2.79. The van der Waals surface area contributed by atoms with Crippen molar-refractivity contribution in [1.29, 1.82) is 5.26 Å². The first kappa shape index (κ1) is 22.5. The predicted molar refractivity (Wildman–Crippen MR) is 106 cm³/mol. The van der Waals surface area contributed by atoms with Gasteiger partial charge in [0.05, 0.1) is 24.8 Å². The molecule has 0 aromatic heterocycles. The summed E-state index contributed by atoms with van der Waals surface area (Å²) in [5.74, 6) is -1.88. The van der Waals surface area contributed by atoms with Gasteiger partial charge in [-0.1, -0.05) is 25.4 Å². The van der Waals surface area contributed by atoms with Gasteiger partial charge in [0.2, 0.25) is 5.91 Å². The number of ether oxygens (including phenoxy) is 2. The van der Waals surface area contributed by atoms with E-state index in [0.29, 0.717) is 16.5 Å². The van der Waals surface area contributed by atoms with Crippen LogP contribution < -0.4 is 15.0 Å². The number of nitrogens with zero attached hydrogens (tertiary/aromatic N) is 2. The Kier molecular flexibility index (Phi) is 7.09. The van der Waals surface area contributed by atoms with Gasteiger partial charge in [0, 0.05) is 18.0 Å². The fourth-order valence-electron chi connectivity index (χ4n) is 2.85. The Morgan fingerprint density at radius 3 is 2.72 bits per heavy atom. The molecular weight excluding hydrogens is 398 g/mol. The zero-order chi connectivity index (χ0) is 21.8. The lowest BCUT2D eigenvalue weighted by Gasteiger charge is -2.27. The number of rotatable bonds is 7. The molecule has 1 aliphatic heterocycles. The Bertz CT molecular complexity index is 851. The molecule has 9 heteroatoms. The van der Waals surface area contributed by atoms with Crippen LogP contribution in [0.15, 0.2) is 18.2 Å². The molecule has 0 aliphatic carbocycles. The average molecular weight is 422 g/mol. The molecule has 1 aliphatic rings. The van der Waals surface area contributed by atoms with Crippen molar-refractivity contribution in [3.63, 3.8) is 0 Å². The van der Waals surface area contributed by atoms with Crippen LogP contribution in [0.2, 0.25) is 5.02 Å². The minimum atomic E-state index is -1.06. The van der Waals surface area contributed by atoms with Crippen LogP contribution in [-0.2, 0) is 19.1 Å². The van der Waals surface area contributed by atoms with Gasteiger partial charge >= 0.3 is 5.97 Å². The number of carbonyl (C=O) groups is 3. The van der Waals surface area contributed by atoms with E-state index in [0.717, 1.165) is 0 Å². The number of hydrogen-bond acceptors (Lipinski definition) is 6. The number of benzene rings is 1. The lowest BCUT2D eigenvalue weighted by molar-refractivity contribution is -0.152. The van der Waals surface area contributed by atoms with Gasteiger partial charge in [-0.25, -0.2) is 0 Å². The maximum atomic E-state index is 12.4. The van der Waals surface area contributed by atoms with Crippen LogP contribution >= 0.6 is 11.6 Å². The summed E-state index contributed by atoms with van der Waals surface area (Å²) in [6.07, 6.45) is -0.0436. The molecular formula is C20H24ClN3O5. The van der Waals surface area contributed by atoms with E-state index in [1.54, 1.807) is 39.0 Å². The van der Waals surface area contributed by atoms with E-state index in [2.05, 4.69) is 11.4 Å². The van der Waals surface area contributed by atoms with E-state index in [1.165, 1.54) is 12.0 Å². The van der Waals surface area contributed by atoms with Crippen molar-refractivity contribution in [3.05, 3.63) is 23.2 Å². The van der Waals surface area contributed by atoms with Crippen LogP contribution in [0, 0.1) is 23.2 Å². The van der Waals surface area contributed by atoms with Crippen LogP contribution in [0.4, 0.5) is 5.69 Å². The first-order valence-corrected chi connectivity index (χ1v) is 9.52. The summed E-state index contributed by atoms with van der Waals surface area (Å²) in [7, 11) is 1.48. The van der Waals surface area contributed by atoms with Gasteiger partial charge in [-0.15, -0.1) is 0 Å². The van der Waals surface area contributed by atoms with Crippen molar-refractivity contribution in [2.75, 3.05) is 25.2 Å². The summed E-state index contributed by atoms with van der Waals surface area (Å²) in [5.41, 5.74) is -0.591. The molecule has 8 nitrogen and oxygen atoms in total. The fourth-order valence-corrected chi connectivity index (χ4v) is 3.02. The smallest absolute Gasteiger partial charge is 0.311 e. The molecule has 1 saturated heterocycles. The molecule has 0 radical (unpaired) electrons. The largest absolute Gasteiger partial charge is 0.495 e. The summed E-state index contributed by atoms with van der Waals surface area (Å²) < 4.78 is 10.3. The highest BCUT2D eigenvalue weighted by Gasteiger charge is 2.38. The molecule has 0 spiro atoms. The average Bonchev–Trinajstić information content (AvgIpc) is 3.07. The fraction of sp³-hybridized carbons (Fsp3) is 0.500. The zero-order valence-electron chi connectivity index (χ0n) is 16.8. The monoisotopic (exact) mass is 421 g/mol. The lowest BCUT2D eigenvalue weighted by atomic mass is 9.90. The molecule has 2 atom stereocenters. The molecule has 1 aromatic carbocycles. The van der Waals surface area contributed by atoms with E-state index in [1.807, 2.05) is 0 Å². The third kappa shape index (κ3) is 5.18. The number of nitrogens with one attached hydrogen (secondary N) is 1. The molecule has 1 fully saturated rings. The highest BCUT2D eigenvalue weighted by atomic mass is 35.5. The van der Waals surface area contributed by atoms with Crippen molar-refractivity contribution >= 4 is 35.1 Å². The number of amides is 2.